The summed E-state index contributed by atoms with van der Waals surface area (Å²) in [5, 5.41) is 3.05. The maximum Gasteiger partial charge on any atom is 0.325 e. The Morgan fingerprint density at radius 1 is 1.00 bits per heavy atom. The van der Waals surface area contributed by atoms with E-state index < -0.39 is 5.54 Å². The lowest BCUT2D eigenvalue weighted by atomic mass is 9.83. The van der Waals surface area contributed by atoms with Gasteiger partial charge in [0.25, 0.3) is 5.91 Å². The highest BCUT2D eigenvalue weighted by molar-refractivity contribution is 6.07. The molecular formula is C24H32N4O3. The number of piperidine rings is 2. The molecule has 1 aliphatic carbocycles. The Labute approximate surface area is 183 Å². The number of likely N-dealkylation sites (tertiary alicyclic amines) is 2. The Balaban J connectivity index is 1.22. The second-order valence-corrected chi connectivity index (χ2v) is 9.66. The lowest BCUT2D eigenvalue weighted by molar-refractivity contribution is -0.143. The third kappa shape index (κ3) is 3.84. The molecule has 1 aromatic carbocycles. The van der Waals surface area contributed by atoms with Gasteiger partial charge in [0, 0.05) is 38.6 Å². The zero-order valence-corrected chi connectivity index (χ0v) is 18.1. The predicted octanol–water partition coefficient (Wildman–Crippen LogP) is 2.36. The molecule has 1 aromatic rings. The number of amides is 4. The maximum absolute atomic E-state index is 13.5. The van der Waals surface area contributed by atoms with E-state index >= 15 is 0 Å². The van der Waals surface area contributed by atoms with Gasteiger partial charge in [-0.15, -0.1) is 0 Å². The molecule has 1 saturated carbocycles. The lowest BCUT2D eigenvalue weighted by Crippen LogP contribution is -2.56. The minimum absolute atomic E-state index is 0.0835. The van der Waals surface area contributed by atoms with Gasteiger partial charge in [-0.2, -0.15) is 0 Å². The minimum Gasteiger partial charge on any atom is -0.340 e. The van der Waals surface area contributed by atoms with Crippen LogP contribution >= 0.6 is 0 Å². The molecule has 3 heterocycles. The minimum atomic E-state index is -0.773. The number of carbonyl (C=O) groups excluding carboxylic acids is 3. The first-order chi connectivity index (χ1) is 15.1. The molecule has 7 heteroatoms. The molecule has 166 valence electrons. The number of imide groups is 1. The summed E-state index contributed by atoms with van der Waals surface area (Å²) in [6, 6.07) is 9.87. The molecule has 3 saturated heterocycles. The Morgan fingerprint density at radius 2 is 1.74 bits per heavy atom. The monoisotopic (exact) mass is 424 g/mol. The molecule has 1 spiro atoms. The van der Waals surface area contributed by atoms with Crippen LogP contribution in [0, 0.1) is 5.92 Å². The fourth-order valence-corrected chi connectivity index (χ4v) is 5.53. The normalized spacial score (nSPS) is 26.8. The number of carbonyl (C=O) groups is 3. The number of rotatable bonds is 4. The van der Waals surface area contributed by atoms with Gasteiger partial charge in [-0.1, -0.05) is 36.8 Å². The third-order valence-corrected chi connectivity index (χ3v) is 7.68. The molecular weight excluding hydrogens is 392 g/mol. The van der Waals surface area contributed by atoms with Crippen LogP contribution in [0.2, 0.25) is 0 Å². The molecule has 31 heavy (non-hydrogen) atoms. The molecule has 1 N–H and O–H groups in total. The second kappa shape index (κ2) is 8.26. The van der Waals surface area contributed by atoms with E-state index in [0.717, 1.165) is 58.3 Å². The van der Waals surface area contributed by atoms with Crippen LogP contribution in [-0.2, 0) is 16.1 Å². The number of nitrogens with zero attached hydrogens (tertiary/aromatic N) is 3. The van der Waals surface area contributed by atoms with Gasteiger partial charge in [-0.3, -0.25) is 19.4 Å². The Kier molecular flexibility index (Phi) is 5.46. The molecule has 5 rings (SSSR count). The van der Waals surface area contributed by atoms with Crippen molar-refractivity contribution >= 4 is 17.8 Å². The van der Waals surface area contributed by atoms with E-state index in [1.165, 1.54) is 10.5 Å². The van der Waals surface area contributed by atoms with E-state index in [1.807, 2.05) is 23.1 Å². The molecule has 0 aromatic heterocycles. The third-order valence-electron chi connectivity index (χ3n) is 7.68. The van der Waals surface area contributed by atoms with Crippen molar-refractivity contribution in [3.8, 4) is 0 Å². The summed E-state index contributed by atoms with van der Waals surface area (Å²) >= 11 is 0. The molecule has 4 amide bonds. The van der Waals surface area contributed by atoms with E-state index in [1.54, 1.807) is 0 Å². The number of nitrogens with one attached hydrogen (secondary N) is 1. The van der Waals surface area contributed by atoms with Crippen LogP contribution in [0.15, 0.2) is 30.3 Å². The molecule has 4 fully saturated rings. The summed E-state index contributed by atoms with van der Waals surface area (Å²) in [5.74, 6) is 0.286. The van der Waals surface area contributed by atoms with E-state index in [4.69, 9.17) is 0 Å². The highest BCUT2D eigenvalue weighted by atomic mass is 16.2. The van der Waals surface area contributed by atoms with E-state index in [-0.39, 0.29) is 29.8 Å². The summed E-state index contributed by atoms with van der Waals surface area (Å²) in [6.07, 6.45) is 5.99. The Bertz CT molecular complexity index is 846. The highest BCUT2D eigenvalue weighted by Gasteiger charge is 2.54. The topological polar surface area (TPSA) is 73.0 Å². The molecule has 0 radical (unpaired) electrons. The van der Waals surface area contributed by atoms with Crippen LogP contribution in [0.25, 0.3) is 0 Å². The quantitative estimate of drug-likeness (QED) is 0.753. The first-order valence-corrected chi connectivity index (χ1v) is 11.8. The summed E-state index contributed by atoms with van der Waals surface area (Å²) < 4.78 is 0. The van der Waals surface area contributed by atoms with Gasteiger partial charge in [0.05, 0.1) is 6.04 Å². The van der Waals surface area contributed by atoms with Crippen molar-refractivity contribution in [3.63, 3.8) is 0 Å². The first-order valence-electron chi connectivity index (χ1n) is 11.8. The fraction of sp³-hybridized carbons (Fsp3) is 0.625. The van der Waals surface area contributed by atoms with Crippen LogP contribution in [-0.4, -0.2) is 70.3 Å². The lowest BCUT2D eigenvalue weighted by Gasteiger charge is -2.40. The SMILES string of the molecule is O=C(C1CCC1)N1CCC[C@H](N2C(=O)NC3(CCN(Cc4ccccc4)CC3)C2=O)C1. The molecule has 0 unspecified atom stereocenters. The molecule has 4 aliphatic rings. The predicted molar refractivity (Wildman–Crippen MR) is 116 cm³/mol. The highest BCUT2D eigenvalue weighted by Crippen LogP contribution is 2.34. The van der Waals surface area contributed by atoms with Crippen molar-refractivity contribution in [2.24, 2.45) is 5.92 Å². The van der Waals surface area contributed by atoms with Gasteiger partial charge in [0.2, 0.25) is 5.91 Å². The van der Waals surface area contributed by atoms with Gasteiger partial charge in [0.1, 0.15) is 5.54 Å². The van der Waals surface area contributed by atoms with E-state index in [0.29, 0.717) is 19.4 Å². The van der Waals surface area contributed by atoms with Gasteiger partial charge in [-0.25, -0.2) is 4.79 Å². The average Bonchev–Trinajstić information content (AvgIpc) is 2.99. The summed E-state index contributed by atoms with van der Waals surface area (Å²) in [6.45, 7) is 3.67. The standard InChI is InChI=1S/C24H32N4O3/c29-21(19-8-4-9-19)27-13-5-10-20(17-27)28-22(30)24(25-23(28)31)11-14-26(15-12-24)16-18-6-2-1-3-7-18/h1-3,6-7,19-20H,4-5,8-17H2,(H,25,31)/t20-/m0/s1. The zero-order valence-electron chi connectivity index (χ0n) is 18.1. The number of benzene rings is 1. The first kappa shape index (κ1) is 20.5. The van der Waals surface area contributed by atoms with Crippen molar-refractivity contribution in [1.29, 1.82) is 0 Å². The average molecular weight is 425 g/mol. The van der Waals surface area contributed by atoms with Gasteiger partial charge < -0.3 is 10.2 Å². The van der Waals surface area contributed by atoms with Crippen LogP contribution < -0.4 is 5.32 Å². The van der Waals surface area contributed by atoms with E-state index in [9.17, 15) is 14.4 Å². The fourth-order valence-electron chi connectivity index (χ4n) is 5.53. The van der Waals surface area contributed by atoms with Crippen molar-refractivity contribution in [2.75, 3.05) is 26.2 Å². The smallest absolute Gasteiger partial charge is 0.325 e. The largest absolute Gasteiger partial charge is 0.340 e. The van der Waals surface area contributed by atoms with Crippen LogP contribution in [0.4, 0.5) is 4.79 Å². The summed E-state index contributed by atoms with van der Waals surface area (Å²) in [7, 11) is 0. The van der Waals surface area contributed by atoms with Crippen molar-refractivity contribution in [2.45, 2.75) is 63.1 Å². The van der Waals surface area contributed by atoms with E-state index in [2.05, 4.69) is 22.3 Å². The van der Waals surface area contributed by atoms with Crippen LogP contribution in [0.3, 0.4) is 0 Å². The zero-order chi connectivity index (χ0) is 21.4. The Morgan fingerprint density at radius 3 is 2.42 bits per heavy atom. The van der Waals surface area contributed by atoms with Crippen LogP contribution in [0.1, 0.15) is 50.5 Å². The molecule has 3 aliphatic heterocycles. The number of hydrogen-bond donors (Lipinski definition) is 1. The van der Waals surface area contributed by atoms with Crippen molar-refractivity contribution in [1.82, 2.24) is 20.0 Å². The Hall–Kier alpha value is -2.41. The molecule has 7 nitrogen and oxygen atoms in total. The molecule has 0 bridgehead atoms. The summed E-state index contributed by atoms with van der Waals surface area (Å²) in [4.78, 5) is 44.7. The van der Waals surface area contributed by atoms with Crippen LogP contribution in [0.5, 0.6) is 0 Å². The van der Waals surface area contributed by atoms with Crippen molar-refractivity contribution < 1.29 is 14.4 Å². The maximum atomic E-state index is 13.5. The number of urea groups is 1. The summed E-state index contributed by atoms with van der Waals surface area (Å²) in [5.41, 5.74) is 0.491. The number of hydrogen-bond acceptors (Lipinski definition) is 4. The molecule has 1 atom stereocenters. The van der Waals surface area contributed by atoms with Crippen molar-refractivity contribution in [3.05, 3.63) is 35.9 Å². The van der Waals surface area contributed by atoms with Gasteiger partial charge >= 0.3 is 6.03 Å². The van der Waals surface area contributed by atoms with Gasteiger partial charge in [0.15, 0.2) is 0 Å². The van der Waals surface area contributed by atoms with Gasteiger partial charge in [-0.05, 0) is 44.1 Å². The second-order valence-electron chi connectivity index (χ2n) is 9.66.